The fraction of sp³-hybridized carbons (Fsp3) is 0.895. The highest BCUT2D eigenvalue weighted by molar-refractivity contribution is 5.88. The molecule has 7 heteroatoms. The molecule has 0 aromatic heterocycles. The lowest BCUT2D eigenvalue weighted by atomic mass is 9.64. The van der Waals surface area contributed by atoms with Crippen LogP contribution in [0.25, 0.3) is 0 Å². The second-order valence-corrected chi connectivity index (χ2v) is 9.85. The molecule has 6 aliphatic heterocycles. The Hall–Kier alpha value is -1.18. The number of nitrogens with two attached hydrogens (primary N) is 1. The lowest BCUT2D eigenvalue weighted by Gasteiger charge is -2.58. The van der Waals surface area contributed by atoms with Crippen LogP contribution in [0, 0.1) is 23.7 Å². The average molecular weight is 360 g/mol. The highest BCUT2D eigenvalue weighted by Gasteiger charge is 2.60. The number of piperidine rings is 3. The van der Waals surface area contributed by atoms with E-state index in [-0.39, 0.29) is 54.0 Å². The molecule has 6 saturated heterocycles. The summed E-state index contributed by atoms with van der Waals surface area (Å²) in [4.78, 5) is 29.9. The van der Waals surface area contributed by atoms with Crippen molar-refractivity contribution in [2.24, 2.45) is 29.4 Å². The van der Waals surface area contributed by atoms with Crippen molar-refractivity contribution in [1.82, 2.24) is 15.1 Å². The zero-order valence-electron chi connectivity index (χ0n) is 15.1. The van der Waals surface area contributed by atoms with Crippen LogP contribution in [0.15, 0.2) is 0 Å². The van der Waals surface area contributed by atoms with Crippen LogP contribution in [-0.2, 0) is 14.3 Å². The number of hydrogen-bond donors (Lipinski definition) is 2. The van der Waals surface area contributed by atoms with E-state index in [0.29, 0.717) is 6.54 Å². The van der Waals surface area contributed by atoms with Crippen molar-refractivity contribution in [2.45, 2.75) is 49.5 Å². The molecule has 1 aliphatic carbocycles. The molecule has 7 aliphatic rings. The third-order valence-corrected chi connectivity index (χ3v) is 7.89. The van der Waals surface area contributed by atoms with E-state index in [0.717, 1.165) is 37.6 Å². The minimum atomic E-state index is -0.0711. The quantitative estimate of drug-likeness (QED) is 0.685. The van der Waals surface area contributed by atoms with Crippen LogP contribution in [0.4, 0.5) is 0 Å². The number of amides is 2. The summed E-state index contributed by atoms with van der Waals surface area (Å²) in [6.45, 7) is 4.20. The molecule has 142 valence electrons. The molecule has 0 aromatic carbocycles. The molecule has 2 amide bonds. The van der Waals surface area contributed by atoms with E-state index in [1.54, 1.807) is 4.90 Å². The van der Waals surface area contributed by atoms with Gasteiger partial charge in [0, 0.05) is 38.1 Å². The number of nitrogens with one attached hydrogen (secondary N) is 1. The minimum absolute atomic E-state index is 0.00188. The van der Waals surface area contributed by atoms with Crippen LogP contribution in [0.5, 0.6) is 0 Å². The molecular formula is C19H28N4O3. The molecule has 7 fully saturated rings. The number of carbonyl (C=O) groups is 2. The standard InChI is InChI=1S/C19H28N4O3/c20-13-2-14-16-12(17(13)26-14)7-23(18(16)25)8-15(24)21-19-3-10-1-11(4-19)6-22(5-10)9-19/h10-14,16-17H,1-9,20H2,(H,21,24)/t10-,11+,12?,13?,14?,16?,17?,19+. The van der Waals surface area contributed by atoms with Gasteiger partial charge >= 0.3 is 0 Å². The maximum Gasteiger partial charge on any atom is 0.240 e. The monoisotopic (exact) mass is 360 g/mol. The SMILES string of the molecule is NC1CC2OC1C1CN(CC(=O)N[C@@]34C[C@@H]5C[C@@H](C[N@](C5)C3)C4)C(=O)C21. The molecule has 5 unspecified atom stereocenters. The van der Waals surface area contributed by atoms with Gasteiger partial charge in [0.05, 0.1) is 30.2 Å². The lowest BCUT2D eigenvalue weighted by molar-refractivity contribution is -0.139. The van der Waals surface area contributed by atoms with Gasteiger partial charge in [0.1, 0.15) is 0 Å². The maximum atomic E-state index is 12.8. The first-order valence-electron chi connectivity index (χ1n) is 10.2. The molecule has 26 heavy (non-hydrogen) atoms. The fourth-order valence-electron chi connectivity index (χ4n) is 7.39. The number of fused-ring (bicyclic) bond motifs is 5. The molecule has 0 radical (unpaired) electrons. The Morgan fingerprint density at radius 3 is 2.73 bits per heavy atom. The topological polar surface area (TPSA) is 87.9 Å². The van der Waals surface area contributed by atoms with Crippen LogP contribution in [0.2, 0.25) is 0 Å². The first-order chi connectivity index (χ1) is 12.5. The smallest absolute Gasteiger partial charge is 0.240 e. The molecular weight excluding hydrogens is 332 g/mol. The van der Waals surface area contributed by atoms with E-state index in [2.05, 4.69) is 10.2 Å². The zero-order chi connectivity index (χ0) is 17.6. The number of likely N-dealkylation sites (tertiary alicyclic amines) is 1. The molecule has 9 atom stereocenters. The van der Waals surface area contributed by atoms with Crippen LogP contribution < -0.4 is 11.1 Å². The van der Waals surface area contributed by atoms with Crippen molar-refractivity contribution in [2.75, 3.05) is 32.7 Å². The maximum absolute atomic E-state index is 12.8. The summed E-state index contributed by atoms with van der Waals surface area (Å²) in [6.07, 6.45) is 4.29. The first kappa shape index (κ1) is 15.8. The summed E-state index contributed by atoms with van der Waals surface area (Å²) < 4.78 is 5.89. The minimum Gasteiger partial charge on any atom is -0.372 e. The van der Waals surface area contributed by atoms with Gasteiger partial charge in [0.2, 0.25) is 11.8 Å². The third-order valence-electron chi connectivity index (χ3n) is 7.89. The van der Waals surface area contributed by atoms with Gasteiger partial charge < -0.3 is 25.6 Å². The van der Waals surface area contributed by atoms with Crippen LogP contribution in [0.1, 0.15) is 25.7 Å². The van der Waals surface area contributed by atoms with E-state index in [9.17, 15) is 9.59 Å². The first-order valence-corrected chi connectivity index (χ1v) is 10.2. The number of rotatable bonds is 3. The van der Waals surface area contributed by atoms with Gasteiger partial charge in [-0.2, -0.15) is 0 Å². The summed E-state index contributed by atoms with van der Waals surface area (Å²) in [5.41, 5.74) is 6.07. The zero-order valence-corrected chi connectivity index (χ0v) is 15.1. The molecule has 0 spiro atoms. The molecule has 7 rings (SSSR count). The predicted molar refractivity (Wildman–Crippen MR) is 93.0 cm³/mol. The largest absolute Gasteiger partial charge is 0.372 e. The summed E-state index contributed by atoms with van der Waals surface area (Å²) in [6, 6.07) is 0.0453. The Labute approximate surface area is 153 Å². The van der Waals surface area contributed by atoms with Gasteiger partial charge in [-0.1, -0.05) is 0 Å². The van der Waals surface area contributed by atoms with E-state index in [1.165, 1.54) is 19.5 Å². The van der Waals surface area contributed by atoms with Gasteiger partial charge in [-0.25, -0.2) is 0 Å². The van der Waals surface area contributed by atoms with Gasteiger partial charge in [0.15, 0.2) is 0 Å². The molecule has 3 N–H and O–H groups in total. The van der Waals surface area contributed by atoms with Crippen molar-refractivity contribution >= 4 is 11.8 Å². The second-order valence-electron chi connectivity index (χ2n) is 9.85. The predicted octanol–water partition coefficient (Wildman–Crippen LogP) is -0.840. The normalized spacial score (nSPS) is 53.4. The lowest BCUT2D eigenvalue weighted by Crippen LogP contribution is -2.69. The van der Waals surface area contributed by atoms with Crippen LogP contribution in [0.3, 0.4) is 0 Å². The molecule has 6 heterocycles. The number of nitrogens with zero attached hydrogens (tertiary/aromatic N) is 2. The van der Waals surface area contributed by atoms with Gasteiger partial charge in [-0.15, -0.1) is 0 Å². The number of carbonyl (C=O) groups excluding carboxylic acids is 2. The summed E-state index contributed by atoms with van der Waals surface area (Å²) in [5.74, 6) is 1.68. The van der Waals surface area contributed by atoms with Crippen molar-refractivity contribution < 1.29 is 14.3 Å². The second kappa shape index (κ2) is 5.20. The summed E-state index contributed by atoms with van der Waals surface area (Å²) in [5, 5.41) is 3.35. The third kappa shape index (κ3) is 2.17. The van der Waals surface area contributed by atoms with E-state index >= 15 is 0 Å². The van der Waals surface area contributed by atoms with Gasteiger partial charge in [0.25, 0.3) is 0 Å². The van der Waals surface area contributed by atoms with Crippen molar-refractivity contribution in [1.29, 1.82) is 0 Å². The number of ether oxygens (including phenoxy) is 1. The highest BCUT2D eigenvalue weighted by atomic mass is 16.5. The average Bonchev–Trinajstić information content (AvgIpc) is 3.17. The molecule has 6 bridgehead atoms. The Kier molecular flexibility index (Phi) is 3.17. The van der Waals surface area contributed by atoms with Gasteiger partial charge in [-0.3, -0.25) is 9.59 Å². The van der Waals surface area contributed by atoms with Crippen LogP contribution in [-0.4, -0.2) is 78.1 Å². The van der Waals surface area contributed by atoms with Crippen LogP contribution >= 0.6 is 0 Å². The highest BCUT2D eigenvalue weighted by Crippen LogP contribution is 2.48. The molecule has 0 aromatic rings. The van der Waals surface area contributed by atoms with E-state index in [4.69, 9.17) is 10.5 Å². The van der Waals surface area contributed by atoms with Crippen molar-refractivity contribution in [3.05, 3.63) is 0 Å². The Bertz CT molecular complexity index is 632. The van der Waals surface area contributed by atoms with Crippen molar-refractivity contribution in [3.8, 4) is 0 Å². The van der Waals surface area contributed by atoms with Crippen molar-refractivity contribution in [3.63, 3.8) is 0 Å². The molecule has 1 saturated carbocycles. The van der Waals surface area contributed by atoms with E-state index in [1.807, 2.05) is 0 Å². The van der Waals surface area contributed by atoms with E-state index < -0.39 is 0 Å². The Morgan fingerprint density at radius 1 is 1.23 bits per heavy atom. The fourth-order valence-corrected chi connectivity index (χ4v) is 7.39. The molecule has 7 nitrogen and oxygen atoms in total. The van der Waals surface area contributed by atoms with Gasteiger partial charge in [-0.05, 0) is 37.5 Å². The summed E-state index contributed by atoms with van der Waals surface area (Å²) in [7, 11) is 0. The summed E-state index contributed by atoms with van der Waals surface area (Å²) >= 11 is 0. The Morgan fingerprint density at radius 2 is 2.00 bits per heavy atom. The number of hydrogen-bond acceptors (Lipinski definition) is 5. The Balaban J connectivity index is 1.13.